The predicted molar refractivity (Wildman–Crippen MR) is 106 cm³/mol. The molecule has 0 aromatic carbocycles. The summed E-state index contributed by atoms with van der Waals surface area (Å²) in [4.78, 5) is 17.7. The molecule has 1 amide bonds. The molecule has 5 heteroatoms. The molecule has 3 fully saturated rings. The molecule has 5 rings (SSSR count). The number of nitrogens with zero attached hydrogens (tertiary/aromatic N) is 3. The second kappa shape index (κ2) is 7.23. The van der Waals surface area contributed by atoms with Crippen molar-refractivity contribution in [1.29, 1.82) is 0 Å². The lowest BCUT2D eigenvalue weighted by Gasteiger charge is -2.40. The van der Waals surface area contributed by atoms with E-state index in [1.54, 1.807) is 0 Å². The van der Waals surface area contributed by atoms with Crippen LogP contribution >= 0.6 is 0 Å². The molecule has 1 spiro atoms. The van der Waals surface area contributed by atoms with Crippen molar-refractivity contribution in [2.75, 3.05) is 32.7 Å². The molecular formula is C22H34N4O. The Morgan fingerprint density at radius 1 is 1.11 bits per heavy atom. The number of fused-ring (bicyclic) bond motifs is 1. The van der Waals surface area contributed by atoms with Crippen LogP contribution in [0.3, 0.4) is 0 Å². The summed E-state index contributed by atoms with van der Waals surface area (Å²) in [5, 5.41) is 7.73. The number of aryl methyl sites for hydroxylation is 2. The van der Waals surface area contributed by atoms with Gasteiger partial charge >= 0.3 is 0 Å². The van der Waals surface area contributed by atoms with Gasteiger partial charge in [0.1, 0.15) is 0 Å². The number of hydrogen-bond donors (Lipinski definition) is 1. The summed E-state index contributed by atoms with van der Waals surface area (Å²) in [6, 6.07) is 0. The van der Waals surface area contributed by atoms with Gasteiger partial charge in [-0.1, -0.05) is 0 Å². The lowest BCUT2D eigenvalue weighted by atomic mass is 9.79. The van der Waals surface area contributed by atoms with Crippen molar-refractivity contribution in [2.24, 2.45) is 11.3 Å². The highest BCUT2D eigenvalue weighted by atomic mass is 16.2. The first-order chi connectivity index (χ1) is 13.2. The highest BCUT2D eigenvalue weighted by Gasteiger charge is 2.43. The predicted octanol–water partition coefficient (Wildman–Crippen LogP) is 2.95. The number of nitrogens with one attached hydrogen (secondary N) is 1. The summed E-state index contributed by atoms with van der Waals surface area (Å²) in [6.07, 6.45) is 12.9. The summed E-state index contributed by atoms with van der Waals surface area (Å²) in [7, 11) is 0. The maximum absolute atomic E-state index is 12.9. The SMILES string of the molecule is O=C(CCc1n[nH]c2c1CCCC2)N1CCC2(CCCN(CC3CC3)C2)C1. The van der Waals surface area contributed by atoms with Gasteiger partial charge in [-0.15, -0.1) is 0 Å². The van der Waals surface area contributed by atoms with Crippen molar-refractivity contribution in [3.05, 3.63) is 17.0 Å². The number of aromatic nitrogens is 2. The first-order valence-corrected chi connectivity index (χ1v) is 11.3. The Morgan fingerprint density at radius 3 is 2.89 bits per heavy atom. The maximum Gasteiger partial charge on any atom is 0.222 e. The van der Waals surface area contributed by atoms with Crippen LogP contribution < -0.4 is 0 Å². The van der Waals surface area contributed by atoms with Crippen molar-refractivity contribution >= 4 is 5.91 Å². The molecule has 27 heavy (non-hydrogen) atoms. The quantitative estimate of drug-likeness (QED) is 0.867. The molecule has 1 aromatic rings. The van der Waals surface area contributed by atoms with E-state index in [9.17, 15) is 4.79 Å². The zero-order chi connectivity index (χ0) is 18.3. The Hall–Kier alpha value is -1.36. The van der Waals surface area contributed by atoms with Gasteiger partial charge < -0.3 is 9.80 Å². The van der Waals surface area contributed by atoms with E-state index >= 15 is 0 Å². The number of H-pyrrole nitrogens is 1. The van der Waals surface area contributed by atoms with Gasteiger partial charge in [0.15, 0.2) is 0 Å². The van der Waals surface area contributed by atoms with Crippen LogP contribution in [0, 0.1) is 11.3 Å². The van der Waals surface area contributed by atoms with Gasteiger partial charge in [0.2, 0.25) is 5.91 Å². The average Bonchev–Trinajstić information content (AvgIpc) is 3.26. The Kier molecular flexibility index (Phi) is 4.75. The summed E-state index contributed by atoms with van der Waals surface area (Å²) in [6.45, 7) is 5.76. The fraction of sp³-hybridized carbons (Fsp3) is 0.818. The van der Waals surface area contributed by atoms with E-state index < -0.39 is 0 Å². The van der Waals surface area contributed by atoms with Crippen LogP contribution in [0.5, 0.6) is 0 Å². The van der Waals surface area contributed by atoms with Gasteiger partial charge in [-0.05, 0) is 75.8 Å². The number of amides is 1. The van der Waals surface area contributed by atoms with Crippen molar-refractivity contribution in [2.45, 2.75) is 70.6 Å². The number of carbonyl (C=O) groups excluding carboxylic acids is 1. The van der Waals surface area contributed by atoms with Crippen molar-refractivity contribution < 1.29 is 4.79 Å². The third-order valence-electron chi connectivity index (χ3n) is 7.46. The molecule has 5 nitrogen and oxygen atoms in total. The molecule has 2 aliphatic carbocycles. The van der Waals surface area contributed by atoms with Gasteiger partial charge in [-0.3, -0.25) is 9.89 Å². The van der Waals surface area contributed by atoms with E-state index in [2.05, 4.69) is 20.0 Å². The third kappa shape index (κ3) is 3.80. The number of likely N-dealkylation sites (tertiary alicyclic amines) is 2. The molecule has 3 heterocycles. The van der Waals surface area contributed by atoms with Gasteiger partial charge in [0, 0.05) is 50.1 Å². The molecule has 148 valence electrons. The van der Waals surface area contributed by atoms with Crippen molar-refractivity contribution in [1.82, 2.24) is 20.0 Å². The minimum absolute atomic E-state index is 0.346. The second-order valence-electron chi connectivity index (χ2n) is 9.68. The second-order valence-corrected chi connectivity index (χ2v) is 9.68. The molecular weight excluding hydrogens is 336 g/mol. The van der Waals surface area contributed by atoms with Crippen LogP contribution in [0.4, 0.5) is 0 Å². The highest BCUT2D eigenvalue weighted by Crippen LogP contribution is 2.40. The zero-order valence-corrected chi connectivity index (χ0v) is 16.6. The minimum Gasteiger partial charge on any atom is -0.342 e. The summed E-state index contributed by atoms with van der Waals surface area (Å²) < 4.78 is 0. The molecule has 0 radical (unpaired) electrons. The van der Waals surface area contributed by atoms with E-state index in [4.69, 9.17) is 0 Å². The standard InChI is InChI=1S/C22H34N4O/c27-21(9-8-20-18-4-1-2-5-19(18)23-24-20)26-13-11-22(16-26)10-3-12-25(15-22)14-17-6-7-17/h17H,1-16H2,(H,23,24). The van der Waals surface area contributed by atoms with Crippen molar-refractivity contribution in [3.63, 3.8) is 0 Å². The Balaban J connectivity index is 1.15. The fourth-order valence-electron chi connectivity index (χ4n) is 5.75. The number of aromatic amines is 1. The Bertz CT molecular complexity index is 694. The lowest BCUT2D eigenvalue weighted by molar-refractivity contribution is -0.130. The Labute approximate surface area is 162 Å². The highest BCUT2D eigenvalue weighted by molar-refractivity contribution is 5.76. The van der Waals surface area contributed by atoms with Crippen LogP contribution in [-0.2, 0) is 24.1 Å². The summed E-state index contributed by atoms with van der Waals surface area (Å²) in [5.41, 5.74) is 4.27. The van der Waals surface area contributed by atoms with Crippen LogP contribution in [0.15, 0.2) is 0 Å². The summed E-state index contributed by atoms with van der Waals surface area (Å²) in [5.74, 6) is 1.32. The molecule has 4 aliphatic rings. The number of carbonyl (C=O) groups is 1. The van der Waals surface area contributed by atoms with E-state index in [0.29, 0.717) is 17.7 Å². The van der Waals surface area contributed by atoms with Gasteiger partial charge in [-0.2, -0.15) is 5.10 Å². The van der Waals surface area contributed by atoms with Crippen molar-refractivity contribution in [3.8, 4) is 0 Å². The van der Waals surface area contributed by atoms with Gasteiger partial charge in [0.05, 0.1) is 5.69 Å². The molecule has 2 saturated heterocycles. The van der Waals surface area contributed by atoms with E-state index in [1.807, 2.05) is 0 Å². The van der Waals surface area contributed by atoms with E-state index in [0.717, 1.165) is 44.0 Å². The summed E-state index contributed by atoms with van der Waals surface area (Å²) >= 11 is 0. The number of rotatable bonds is 5. The van der Waals surface area contributed by atoms with Crippen LogP contribution in [0.1, 0.15) is 68.3 Å². The van der Waals surface area contributed by atoms with Crippen LogP contribution in [0.2, 0.25) is 0 Å². The monoisotopic (exact) mass is 370 g/mol. The molecule has 1 atom stereocenters. The van der Waals surface area contributed by atoms with Gasteiger partial charge in [-0.25, -0.2) is 0 Å². The number of hydrogen-bond acceptors (Lipinski definition) is 3. The molecule has 1 unspecified atom stereocenters. The van der Waals surface area contributed by atoms with E-state index in [-0.39, 0.29) is 0 Å². The topological polar surface area (TPSA) is 52.2 Å². The third-order valence-corrected chi connectivity index (χ3v) is 7.46. The average molecular weight is 371 g/mol. The first kappa shape index (κ1) is 17.7. The van der Waals surface area contributed by atoms with Gasteiger partial charge in [0.25, 0.3) is 0 Å². The normalized spacial score (nSPS) is 28.7. The van der Waals surface area contributed by atoms with E-state index in [1.165, 1.54) is 75.8 Å². The maximum atomic E-state index is 12.9. The first-order valence-electron chi connectivity index (χ1n) is 11.3. The Morgan fingerprint density at radius 2 is 2.00 bits per heavy atom. The number of piperidine rings is 1. The molecule has 0 bridgehead atoms. The molecule has 1 saturated carbocycles. The fourth-order valence-corrected chi connectivity index (χ4v) is 5.75. The minimum atomic E-state index is 0.346. The van der Waals surface area contributed by atoms with Crippen LogP contribution in [0.25, 0.3) is 0 Å². The zero-order valence-electron chi connectivity index (χ0n) is 16.6. The molecule has 1 aromatic heterocycles. The largest absolute Gasteiger partial charge is 0.342 e. The van der Waals surface area contributed by atoms with Crippen LogP contribution in [-0.4, -0.2) is 58.6 Å². The smallest absolute Gasteiger partial charge is 0.222 e. The molecule has 1 N–H and O–H groups in total. The lowest BCUT2D eigenvalue weighted by Crippen LogP contribution is -2.46. The molecule has 2 aliphatic heterocycles.